The molecule has 1 atom stereocenters. The summed E-state index contributed by atoms with van der Waals surface area (Å²) in [6.45, 7) is 3.82. The molecule has 0 spiro atoms. The van der Waals surface area contributed by atoms with Crippen LogP contribution in [0, 0.1) is 0 Å². The second kappa shape index (κ2) is 8.79. The fourth-order valence-electron chi connectivity index (χ4n) is 1.56. The van der Waals surface area contributed by atoms with Gasteiger partial charge in [0.25, 0.3) is 5.91 Å². The van der Waals surface area contributed by atoms with E-state index < -0.39 is 12.1 Å². The van der Waals surface area contributed by atoms with Crippen molar-refractivity contribution in [3.05, 3.63) is 42.0 Å². The summed E-state index contributed by atoms with van der Waals surface area (Å²) < 4.78 is 10.0. The lowest BCUT2D eigenvalue weighted by Crippen LogP contribution is -2.35. The lowest BCUT2D eigenvalue weighted by molar-refractivity contribution is -0.150. The highest BCUT2D eigenvalue weighted by Crippen LogP contribution is 2.11. The quantitative estimate of drug-likeness (QED) is 0.618. The van der Waals surface area contributed by atoms with Crippen molar-refractivity contribution in [2.45, 2.75) is 32.9 Å². The Kier molecular flexibility index (Phi) is 7.01. The van der Waals surface area contributed by atoms with Gasteiger partial charge in [0.15, 0.2) is 6.10 Å². The minimum absolute atomic E-state index is 0.330. The zero-order chi connectivity index (χ0) is 15.7. The molecule has 0 fully saturated rings. The van der Waals surface area contributed by atoms with Crippen LogP contribution in [0.1, 0.15) is 25.8 Å². The van der Waals surface area contributed by atoms with Crippen LogP contribution in [0.3, 0.4) is 0 Å². The first-order valence-corrected chi connectivity index (χ1v) is 6.84. The minimum Gasteiger partial charge on any atom is -0.497 e. The summed E-state index contributed by atoms with van der Waals surface area (Å²) >= 11 is 0. The number of methoxy groups -OCH3 is 1. The van der Waals surface area contributed by atoms with E-state index in [1.54, 1.807) is 20.1 Å². The summed E-state index contributed by atoms with van der Waals surface area (Å²) in [6, 6.07) is 7.36. The first kappa shape index (κ1) is 16.8. The summed E-state index contributed by atoms with van der Waals surface area (Å²) in [4.78, 5) is 23.2. The van der Waals surface area contributed by atoms with E-state index in [0.717, 1.165) is 17.7 Å². The molecule has 0 radical (unpaired) electrons. The van der Waals surface area contributed by atoms with Crippen LogP contribution >= 0.6 is 0 Å². The molecule has 1 aromatic rings. The summed E-state index contributed by atoms with van der Waals surface area (Å²) in [5, 5.41) is 2.72. The average Bonchev–Trinajstić information content (AvgIpc) is 2.50. The zero-order valence-corrected chi connectivity index (χ0v) is 12.6. The van der Waals surface area contributed by atoms with Crippen molar-refractivity contribution in [3.8, 4) is 5.75 Å². The highest BCUT2D eigenvalue weighted by molar-refractivity contribution is 5.87. The smallest absolute Gasteiger partial charge is 0.331 e. The topological polar surface area (TPSA) is 64.6 Å². The number of carbonyl (C=O) groups is 2. The summed E-state index contributed by atoms with van der Waals surface area (Å²) in [5.74, 6) is -0.0805. The van der Waals surface area contributed by atoms with Gasteiger partial charge in [-0.05, 0) is 31.0 Å². The molecule has 114 valence electrons. The van der Waals surface area contributed by atoms with Crippen LogP contribution < -0.4 is 10.1 Å². The molecule has 5 nitrogen and oxygen atoms in total. The van der Waals surface area contributed by atoms with E-state index in [4.69, 9.17) is 9.47 Å². The molecule has 21 heavy (non-hydrogen) atoms. The molecule has 0 saturated carbocycles. The lowest BCUT2D eigenvalue weighted by atomic mass is 10.2. The molecule has 5 heteroatoms. The van der Waals surface area contributed by atoms with Crippen LogP contribution in [0.2, 0.25) is 0 Å². The Morgan fingerprint density at radius 2 is 1.95 bits per heavy atom. The fraction of sp³-hybridized carbons (Fsp3) is 0.375. The predicted octanol–water partition coefficient (Wildman–Crippen LogP) is 2.21. The number of hydrogen-bond donors (Lipinski definition) is 1. The maximum Gasteiger partial charge on any atom is 0.331 e. The second-order valence-corrected chi connectivity index (χ2v) is 4.46. The number of allylic oxidation sites excluding steroid dienone is 1. The number of rotatable bonds is 7. The van der Waals surface area contributed by atoms with Crippen LogP contribution in [-0.4, -0.2) is 25.1 Å². The van der Waals surface area contributed by atoms with Gasteiger partial charge in [-0.15, -0.1) is 0 Å². The van der Waals surface area contributed by atoms with Crippen LogP contribution in [-0.2, 0) is 20.9 Å². The van der Waals surface area contributed by atoms with Gasteiger partial charge < -0.3 is 14.8 Å². The maximum absolute atomic E-state index is 11.8. The molecule has 0 aliphatic rings. The normalized spacial score (nSPS) is 12.0. The Morgan fingerprint density at radius 1 is 1.29 bits per heavy atom. The van der Waals surface area contributed by atoms with Crippen LogP contribution in [0.5, 0.6) is 5.75 Å². The molecule has 0 aromatic heterocycles. The summed E-state index contributed by atoms with van der Waals surface area (Å²) in [6.07, 6.45) is 2.93. The third-order valence-electron chi connectivity index (χ3n) is 2.78. The number of esters is 1. The molecule has 0 aliphatic heterocycles. The summed E-state index contributed by atoms with van der Waals surface area (Å²) in [7, 11) is 1.60. The summed E-state index contributed by atoms with van der Waals surface area (Å²) in [5.41, 5.74) is 0.938. The Labute approximate surface area is 124 Å². The molecule has 0 bridgehead atoms. The van der Waals surface area contributed by atoms with Crippen molar-refractivity contribution in [2.24, 2.45) is 0 Å². The number of carbonyl (C=O) groups excluding carboxylic acids is 2. The SMILES string of the molecule is CC/C=C/C(=O)O[C@@H](C)C(=O)NCc1ccc(OC)cc1. The second-order valence-electron chi connectivity index (χ2n) is 4.46. The zero-order valence-electron chi connectivity index (χ0n) is 12.6. The van der Waals surface area contributed by atoms with E-state index in [0.29, 0.717) is 6.54 Å². The highest BCUT2D eigenvalue weighted by atomic mass is 16.5. The van der Waals surface area contributed by atoms with Gasteiger partial charge in [-0.2, -0.15) is 0 Å². The molecule has 1 N–H and O–H groups in total. The fourth-order valence-corrected chi connectivity index (χ4v) is 1.56. The van der Waals surface area contributed by atoms with Gasteiger partial charge in [-0.25, -0.2) is 4.79 Å². The maximum atomic E-state index is 11.8. The number of benzene rings is 1. The molecule has 0 aliphatic carbocycles. The lowest BCUT2D eigenvalue weighted by Gasteiger charge is -2.12. The Morgan fingerprint density at radius 3 is 2.52 bits per heavy atom. The van der Waals surface area contributed by atoms with Crippen LogP contribution in [0.15, 0.2) is 36.4 Å². The molecule has 0 saturated heterocycles. The van der Waals surface area contributed by atoms with Gasteiger partial charge in [-0.1, -0.05) is 25.1 Å². The third kappa shape index (κ3) is 6.12. The standard InChI is InChI=1S/C16H21NO4/c1-4-5-6-15(18)21-12(2)16(19)17-11-13-7-9-14(20-3)10-8-13/h5-10,12H,4,11H2,1-3H3,(H,17,19)/b6-5+/t12-/m0/s1. The number of nitrogens with one attached hydrogen (secondary N) is 1. The van der Waals surface area contributed by atoms with Gasteiger partial charge in [0.2, 0.25) is 0 Å². The van der Waals surface area contributed by atoms with Crippen molar-refractivity contribution in [1.82, 2.24) is 5.32 Å². The van der Waals surface area contributed by atoms with Gasteiger partial charge in [-0.3, -0.25) is 4.79 Å². The molecule has 0 heterocycles. The minimum atomic E-state index is -0.822. The predicted molar refractivity (Wildman–Crippen MR) is 79.8 cm³/mol. The molecule has 1 aromatic carbocycles. The van der Waals surface area contributed by atoms with E-state index in [9.17, 15) is 9.59 Å². The van der Waals surface area contributed by atoms with E-state index in [2.05, 4.69) is 5.32 Å². The molecular weight excluding hydrogens is 270 g/mol. The van der Waals surface area contributed by atoms with Crippen LogP contribution in [0.25, 0.3) is 0 Å². The molecule has 1 rings (SSSR count). The molecule has 0 unspecified atom stereocenters. The monoisotopic (exact) mass is 291 g/mol. The highest BCUT2D eigenvalue weighted by Gasteiger charge is 2.15. The van der Waals surface area contributed by atoms with Crippen molar-refractivity contribution < 1.29 is 19.1 Å². The van der Waals surface area contributed by atoms with Crippen LogP contribution in [0.4, 0.5) is 0 Å². The Balaban J connectivity index is 2.41. The van der Waals surface area contributed by atoms with E-state index in [1.165, 1.54) is 6.08 Å². The number of ether oxygens (including phenoxy) is 2. The molecule has 1 amide bonds. The van der Waals surface area contributed by atoms with E-state index in [1.807, 2.05) is 31.2 Å². The van der Waals surface area contributed by atoms with Crippen molar-refractivity contribution in [3.63, 3.8) is 0 Å². The first-order valence-electron chi connectivity index (χ1n) is 6.84. The van der Waals surface area contributed by atoms with Crippen molar-refractivity contribution in [2.75, 3.05) is 7.11 Å². The Hall–Kier alpha value is -2.30. The van der Waals surface area contributed by atoms with Gasteiger partial charge in [0, 0.05) is 12.6 Å². The van der Waals surface area contributed by atoms with E-state index >= 15 is 0 Å². The van der Waals surface area contributed by atoms with Gasteiger partial charge in [0.1, 0.15) is 5.75 Å². The number of amides is 1. The third-order valence-corrected chi connectivity index (χ3v) is 2.78. The first-order chi connectivity index (χ1) is 10.1. The van der Waals surface area contributed by atoms with Crippen molar-refractivity contribution in [1.29, 1.82) is 0 Å². The van der Waals surface area contributed by atoms with Gasteiger partial charge in [0.05, 0.1) is 7.11 Å². The Bertz CT molecular complexity index is 494. The largest absolute Gasteiger partial charge is 0.497 e. The van der Waals surface area contributed by atoms with E-state index in [-0.39, 0.29) is 5.91 Å². The van der Waals surface area contributed by atoms with Crippen molar-refractivity contribution >= 4 is 11.9 Å². The number of hydrogen-bond acceptors (Lipinski definition) is 4. The average molecular weight is 291 g/mol. The molecular formula is C16H21NO4. The van der Waals surface area contributed by atoms with Gasteiger partial charge >= 0.3 is 5.97 Å².